The van der Waals surface area contributed by atoms with Gasteiger partial charge in [0.2, 0.25) is 5.91 Å². The fourth-order valence-electron chi connectivity index (χ4n) is 3.36. The van der Waals surface area contributed by atoms with Crippen LogP contribution in [-0.2, 0) is 9.59 Å². The van der Waals surface area contributed by atoms with Crippen LogP contribution in [0, 0.1) is 17.3 Å². The van der Waals surface area contributed by atoms with Crippen LogP contribution in [0.15, 0.2) is 0 Å². The molecule has 0 aromatic rings. The summed E-state index contributed by atoms with van der Waals surface area (Å²) in [7, 11) is 0. The standard InChI is InChI=1S/C14H24N2O3/c1-14(2,3)11(13(18)19)16-12(17)10-9-6-4-5-8(9)7-15-10/h8-11,15H,4-7H2,1-3H3,(H,16,17)(H,18,19)/t8?,9?,10?,11-/m0/s1. The Bertz CT molecular complexity index is 375. The first-order valence-corrected chi connectivity index (χ1v) is 7.07. The van der Waals surface area contributed by atoms with Crippen molar-refractivity contribution >= 4 is 11.9 Å². The number of rotatable bonds is 3. The molecule has 2 fully saturated rings. The van der Waals surface area contributed by atoms with E-state index in [1.165, 1.54) is 12.8 Å². The Morgan fingerprint density at radius 3 is 2.58 bits per heavy atom. The summed E-state index contributed by atoms with van der Waals surface area (Å²) in [6.07, 6.45) is 3.44. The largest absolute Gasteiger partial charge is 0.480 e. The van der Waals surface area contributed by atoms with Gasteiger partial charge in [-0.15, -0.1) is 0 Å². The van der Waals surface area contributed by atoms with Gasteiger partial charge in [-0.25, -0.2) is 4.79 Å². The van der Waals surface area contributed by atoms with E-state index in [2.05, 4.69) is 10.6 Å². The number of aliphatic carboxylic acids is 1. The lowest BCUT2D eigenvalue weighted by Crippen LogP contribution is -2.54. The summed E-state index contributed by atoms with van der Waals surface area (Å²) in [5.41, 5.74) is -0.491. The molecule has 108 valence electrons. The van der Waals surface area contributed by atoms with E-state index >= 15 is 0 Å². The lowest BCUT2D eigenvalue weighted by atomic mass is 9.86. The summed E-state index contributed by atoms with van der Waals surface area (Å²) < 4.78 is 0. The van der Waals surface area contributed by atoms with Gasteiger partial charge in [-0.05, 0) is 36.6 Å². The minimum Gasteiger partial charge on any atom is -0.480 e. The first-order valence-electron chi connectivity index (χ1n) is 7.07. The minimum absolute atomic E-state index is 0.156. The minimum atomic E-state index is -0.971. The van der Waals surface area contributed by atoms with Gasteiger partial charge in [0.25, 0.3) is 0 Å². The quantitative estimate of drug-likeness (QED) is 0.713. The predicted molar refractivity (Wildman–Crippen MR) is 71.6 cm³/mol. The maximum absolute atomic E-state index is 12.3. The fraction of sp³-hybridized carbons (Fsp3) is 0.857. The second kappa shape index (κ2) is 5.12. The average Bonchev–Trinajstić information content (AvgIpc) is 2.84. The van der Waals surface area contributed by atoms with Crippen molar-refractivity contribution in [2.45, 2.75) is 52.1 Å². The Kier molecular flexibility index (Phi) is 3.85. The zero-order chi connectivity index (χ0) is 14.2. The van der Waals surface area contributed by atoms with Gasteiger partial charge in [0.15, 0.2) is 0 Å². The normalized spacial score (nSPS) is 31.8. The maximum Gasteiger partial charge on any atom is 0.326 e. The average molecular weight is 268 g/mol. The lowest BCUT2D eigenvalue weighted by molar-refractivity contribution is -0.145. The van der Waals surface area contributed by atoms with Crippen LogP contribution in [0.5, 0.6) is 0 Å². The third-order valence-electron chi connectivity index (χ3n) is 4.43. The Morgan fingerprint density at radius 1 is 1.32 bits per heavy atom. The highest BCUT2D eigenvalue weighted by Crippen LogP contribution is 2.37. The zero-order valence-electron chi connectivity index (χ0n) is 11.9. The molecule has 5 nitrogen and oxygen atoms in total. The van der Waals surface area contributed by atoms with Crippen LogP contribution in [-0.4, -0.2) is 35.6 Å². The molecular formula is C14H24N2O3. The van der Waals surface area contributed by atoms with Gasteiger partial charge in [-0.3, -0.25) is 4.79 Å². The van der Waals surface area contributed by atoms with E-state index < -0.39 is 17.4 Å². The third-order valence-corrected chi connectivity index (χ3v) is 4.43. The van der Waals surface area contributed by atoms with Crippen molar-refractivity contribution in [3.8, 4) is 0 Å². The summed E-state index contributed by atoms with van der Waals surface area (Å²) >= 11 is 0. The molecule has 3 N–H and O–H groups in total. The molecule has 19 heavy (non-hydrogen) atoms. The Labute approximate surface area is 114 Å². The van der Waals surface area contributed by atoms with Crippen LogP contribution in [0.3, 0.4) is 0 Å². The highest BCUT2D eigenvalue weighted by molar-refractivity contribution is 5.87. The lowest BCUT2D eigenvalue weighted by Gasteiger charge is -2.29. The SMILES string of the molecule is CC(C)(C)[C@@H](NC(=O)C1NCC2CCCC21)C(=O)O. The number of hydrogen-bond acceptors (Lipinski definition) is 3. The van der Waals surface area contributed by atoms with Gasteiger partial charge in [-0.1, -0.05) is 27.2 Å². The Balaban J connectivity index is 2.02. The molecule has 0 radical (unpaired) electrons. The van der Waals surface area contributed by atoms with Crippen molar-refractivity contribution in [1.82, 2.24) is 10.6 Å². The summed E-state index contributed by atoms with van der Waals surface area (Å²) in [5.74, 6) is -0.151. The van der Waals surface area contributed by atoms with Gasteiger partial charge in [0, 0.05) is 0 Å². The number of carbonyl (C=O) groups excluding carboxylic acids is 1. The molecule has 0 aromatic heterocycles. The molecule has 0 aromatic carbocycles. The highest BCUT2D eigenvalue weighted by atomic mass is 16.4. The molecule has 2 rings (SSSR count). The van der Waals surface area contributed by atoms with E-state index in [0.29, 0.717) is 11.8 Å². The van der Waals surface area contributed by atoms with Gasteiger partial charge >= 0.3 is 5.97 Å². The summed E-state index contributed by atoms with van der Waals surface area (Å²) in [6.45, 7) is 6.36. The molecule has 1 saturated carbocycles. The van der Waals surface area contributed by atoms with Gasteiger partial charge in [-0.2, -0.15) is 0 Å². The number of hydrogen-bond donors (Lipinski definition) is 3. The van der Waals surface area contributed by atoms with Crippen LogP contribution < -0.4 is 10.6 Å². The van der Waals surface area contributed by atoms with Crippen molar-refractivity contribution in [3.05, 3.63) is 0 Å². The van der Waals surface area contributed by atoms with E-state index in [1.54, 1.807) is 0 Å². The number of carboxylic acid groups (broad SMARTS) is 1. The van der Waals surface area contributed by atoms with Gasteiger partial charge in [0.05, 0.1) is 6.04 Å². The second-order valence-electron chi connectivity index (χ2n) is 6.89. The molecule has 2 aliphatic rings. The number of fused-ring (bicyclic) bond motifs is 1. The van der Waals surface area contributed by atoms with Gasteiger partial charge in [0.1, 0.15) is 6.04 Å². The van der Waals surface area contributed by atoms with E-state index in [9.17, 15) is 14.7 Å². The second-order valence-corrected chi connectivity index (χ2v) is 6.89. The van der Waals surface area contributed by atoms with Crippen LogP contribution in [0.2, 0.25) is 0 Å². The Hall–Kier alpha value is -1.10. The molecule has 1 heterocycles. The van der Waals surface area contributed by atoms with Crippen LogP contribution in [0.4, 0.5) is 0 Å². The van der Waals surface area contributed by atoms with Crippen molar-refractivity contribution in [3.63, 3.8) is 0 Å². The zero-order valence-corrected chi connectivity index (χ0v) is 11.9. The van der Waals surface area contributed by atoms with Crippen LogP contribution in [0.1, 0.15) is 40.0 Å². The molecular weight excluding hydrogens is 244 g/mol. The van der Waals surface area contributed by atoms with Crippen molar-refractivity contribution in [2.24, 2.45) is 17.3 Å². The number of nitrogens with one attached hydrogen (secondary N) is 2. The third kappa shape index (κ3) is 2.91. The molecule has 0 spiro atoms. The van der Waals surface area contributed by atoms with Crippen molar-refractivity contribution < 1.29 is 14.7 Å². The first kappa shape index (κ1) is 14.3. The molecule has 3 unspecified atom stereocenters. The molecule has 1 saturated heterocycles. The molecule has 1 aliphatic heterocycles. The summed E-state index contributed by atoms with van der Waals surface area (Å²) in [6, 6.07) is -1.06. The number of carbonyl (C=O) groups is 2. The highest BCUT2D eigenvalue weighted by Gasteiger charge is 2.44. The smallest absolute Gasteiger partial charge is 0.326 e. The molecule has 0 bridgehead atoms. The van der Waals surface area contributed by atoms with Crippen molar-refractivity contribution in [2.75, 3.05) is 6.54 Å². The monoisotopic (exact) mass is 268 g/mol. The Morgan fingerprint density at radius 2 is 2.00 bits per heavy atom. The van der Waals surface area contributed by atoms with E-state index in [-0.39, 0.29) is 11.9 Å². The van der Waals surface area contributed by atoms with Crippen LogP contribution in [0.25, 0.3) is 0 Å². The van der Waals surface area contributed by atoms with E-state index in [0.717, 1.165) is 13.0 Å². The van der Waals surface area contributed by atoms with E-state index in [4.69, 9.17) is 0 Å². The molecule has 1 amide bonds. The number of amides is 1. The van der Waals surface area contributed by atoms with Crippen molar-refractivity contribution in [1.29, 1.82) is 0 Å². The predicted octanol–water partition coefficient (Wildman–Crippen LogP) is 0.990. The first-order chi connectivity index (χ1) is 8.80. The summed E-state index contributed by atoms with van der Waals surface area (Å²) in [5, 5.41) is 15.2. The fourth-order valence-corrected chi connectivity index (χ4v) is 3.36. The topological polar surface area (TPSA) is 78.4 Å². The van der Waals surface area contributed by atoms with Crippen LogP contribution >= 0.6 is 0 Å². The van der Waals surface area contributed by atoms with Gasteiger partial charge < -0.3 is 15.7 Å². The molecule has 5 heteroatoms. The molecule has 1 aliphatic carbocycles. The summed E-state index contributed by atoms with van der Waals surface area (Å²) in [4.78, 5) is 23.6. The number of carboxylic acids is 1. The maximum atomic E-state index is 12.3. The molecule has 4 atom stereocenters. The van der Waals surface area contributed by atoms with E-state index in [1.807, 2.05) is 20.8 Å².